The van der Waals surface area contributed by atoms with E-state index in [1.165, 1.54) is 19.3 Å². The minimum absolute atomic E-state index is 0.293. The number of methoxy groups -OCH3 is 1. The lowest BCUT2D eigenvalue weighted by Crippen LogP contribution is -2.31. The van der Waals surface area contributed by atoms with Gasteiger partial charge in [0.25, 0.3) is 0 Å². The summed E-state index contributed by atoms with van der Waals surface area (Å²) in [6.45, 7) is 7.22. The molecule has 1 N–H and O–H groups in total. The second-order valence-corrected chi connectivity index (χ2v) is 7.06. The van der Waals surface area contributed by atoms with Crippen LogP contribution in [0.2, 0.25) is 0 Å². The summed E-state index contributed by atoms with van der Waals surface area (Å²) in [7, 11) is 1.62. The van der Waals surface area contributed by atoms with Crippen molar-refractivity contribution in [2.24, 2.45) is 16.7 Å². The quantitative estimate of drug-likeness (QED) is 0.857. The predicted octanol–water partition coefficient (Wildman–Crippen LogP) is 4.33. The van der Waals surface area contributed by atoms with Gasteiger partial charge in [-0.1, -0.05) is 32.9 Å². The molecule has 2 aliphatic carbocycles. The number of fused-ring (bicyclic) bond motifs is 2. The van der Waals surface area contributed by atoms with Crippen molar-refractivity contribution < 1.29 is 9.84 Å². The van der Waals surface area contributed by atoms with Gasteiger partial charge >= 0.3 is 0 Å². The van der Waals surface area contributed by atoms with Gasteiger partial charge in [-0.3, -0.25) is 0 Å². The van der Waals surface area contributed by atoms with Crippen molar-refractivity contribution in [1.29, 1.82) is 0 Å². The second kappa shape index (κ2) is 3.91. The van der Waals surface area contributed by atoms with E-state index < -0.39 is 0 Å². The fraction of sp³-hybridized carbons (Fsp3) is 0.647. The Bertz CT molecular complexity index is 506. The van der Waals surface area contributed by atoms with E-state index in [2.05, 4.69) is 26.8 Å². The van der Waals surface area contributed by atoms with Crippen molar-refractivity contribution in [1.82, 2.24) is 0 Å². The number of hydrogen-bond donors (Lipinski definition) is 1. The van der Waals surface area contributed by atoms with Gasteiger partial charge in [0, 0.05) is 5.56 Å². The molecule has 3 atom stereocenters. The molecule has 2 fully saturated rings. The molecule has 0 amide bonds. The first-order valence-corrected chi connectivity index (χ1v) is 7.27. The third kappa shape index (κ3) is 1.49. The Labute approximate surface area is 115 Å². The van der Waals surface area contributed by atoms with Gasteiger partial charge in [0.1, 0.15) is 0 Å². The van der Waals surface area contributed by atoms with E-state index >= 15 is 0 Å². The SMILES string of the molecule is COc1cccc(C2CC3CCC2(C)C3(C)C)c1O. The fourth-order valence-electron chi connectivity index (χ4n) is 4.66. The summed E-state index contributed by atoms with van der Waals surface area (Å²) in [5.74, 6) is 2.19. The molecule has 3 unspecified atom stereocenters. The highest BCUT2D eigenvalue weighted by Crippen LogP contribution is 2.71. The Morgan fingerprint density at radius 1 is 1.26 bits per heavy atom. The van der Waals surface area contributed by atoms with E-state index in [4.69, 9.17) is 4.74 Å². The summed E-state index contributed by atoms with van der Waals surface area (Å²) in [6.07, 6.45) is 3.81. The van der Waals surface area contributed by atoms with E-state index in [-0.39, 0.29) is 0 Å². The van der Waals surface area contributed by atoms with E-state index in [9.17, 15) is 5.11 Å². The van der Waals surface area contributed by atoms with Crippen LogP contribution in [0.1, 0.15) is 51.5 Å². The second-order valence-electron chi connectivity index (χ2n) is 7.06. The molecule has 0 heterocycles. The first-order valence-electron chi connectivity index (χ1n) is 7.27. The van der Waals surface area contributed by atoms with E-state index in [1.54, 1.807) is 7.11 Å². The van der Waals surface area contributed by atoms with Crippen molar-refractivity contribution in [3.8, 4) is 11.5 Å². The minimum Gasteiger partial charge on any atom is -0.504 e. The van der Waals surface area contributed by atoms with Gasteiger partial charge in [-0.15, -0.1) is 0 Å². The number of hydrogen-bond acceptors (Lipinski definition) is 2. The lowest BCUT2D eigenvalue weighted by atomic mass is 9.65. The summed E-state index contributed by atoms with van der Waals surface area (Å²) in [4.78, 5) is 0. The average molecular weight is 260 g/mol. The highest BCUT2D eigenvalue weighted by atomic mass is 16.5. The highest BCUT2D eigenvalue weighted by molar-refractivity contribution is 5.48. The number of phenolic OH excluding ortho intramolecular Hbond substituents is 1. The first-order chi connectivity index (χ1) is 8.91. The third-order valence-corrected chi connectivity index (χ3v) is 6.42. The molecule has 0 radical (unpaired) electrons. The molecule has 19 heavy (non-hydrogen) atoms. The van der Waals surface area contributed by atoms with Crippen molar-refractivity contribution in [3.63, 3.8) is 0 Å². The Morgan fingerprint density at radius 2 is 2.00 bits per heavy atom. The van der Waals surface area contributed by atoms with Crippen LogP contribution in [0, 0.1) is 16.7 Å². The standard InChI is InChI=1S/C17H24O2/c1-16(2)11-8-9-17(16,3)13(10-11)12-6-5-7-14(19-4)15(12)18/h5-7,11,13,18H,8-10H2,1-4H3. The number of phenols is 1. The molecule has 0 spiro atoms. The van der Waals surface area contributed by atoms with Crippen LogP contribution >= 0.6 is 0 Å². The Balaban J connectivity index is 2.06. The molecule has 0 aromatic heterocycles. The summed E-state index contributed by atoms with van der Waals surface area (Å²) in [6, 6.07) is 5.90. The van der Waals surface area contributed by atoms with Gasteiger partial charge in [0.2, 0.25) is 0 Å². The van der Waals surface area contributed by atoms with Gasteiger partial charge in [-0.25, -0.2) is 0 Å². The minimum atomic E-state index is 0.293. The van der Waals surface area contributed by atoms with E-state index in [0.29, 0.717) is 28.2 Å². The molecule has 2 aliphatic rings. The predicted molar refractivity (Wildman–Crippen MR) is 76.6 cm³/mol. The number of ether oxygens (including phenoxy) is 1. The van der Waals surface area contributed by atoms with Gasteiger partial charge in [0.15, 0.2) is 11.5 Å². The van der Waals surface area contributed by atoms with E-state index in [1.807, 2.05) is 12.1 Å². The molecule has 0 aliphatic heterocycles. The van der Waals surface area contributed by atoms with E-state index in [0.717, 1.165) is 11.5 Å². The molecular formula is C17H24O2. The zero-order chi connectivity index (χ0) is 13.8. The molecule has 2 heteroatoms. The Hall–Kier alpha value is -1.18. The number of benzene rings is 1. The summed E-state index contributed by atoms with van der Waals surface area (Å²) in [5.41, 5.74) is 1.74. The molecule has 1 aromatic rings. The van der Waals surface area contributed by atoms with Crippen molar-refractivity contribution in [2.45, 2.75) is 46.0 Å². The van der Waals surface area contributed by atoms with Crippen LogP contribution in [0.3, 0.4) is 0 Å². The number of para-hydroxylation sites is 1. The van der Waals surface area contributed by atoms with Crippen molar-refractivity contribution in [3.05, 3.63) is 23.8 Å². The molecule has 2 saturated carbocycles. The van der Waals surface area contributed by atoms with Crippen molar-refractivity contribution in [2.75, 3.05) is 7.11 Å². The molecular weight excluding hydrogens is 236 g/mol. The Kier molecular flexibility index (Phi) is 2.64. The van der Waals surface area contributed by atoms with Gasteiger partial charge in [0.05, 0.1) is 7.11 Å². The Morgan fingerprint density at radius 3 is 2.53 bits per heavy atom. The summed E-state index contributed by atoms with van der Waals surface area (Å²) in [5, 5.41) is 10.4. The molecule has 104 valence electrons. The number of rotatable bonds is 2. The summed E-state index contributed by atoms with van der Waals surface area (Å²) < 4.78 is 5.26. The van der Waals surface area contributed by atoms with Crippen LogP contribution in [0.25, 0.3) is 0 Å². The van der Waals surface area contributed by atoms with Crippen LogP contribution < -0.4 is 4.74 Å². The normalized spacial score (nSPS) is 35.6. The lowest BCUT2D eigenvalue weighted by molar-refractivity contribution is 0.133. The zero-order valence-corrected chi connectivity index (χ0v) is 12.4. The summed E-state index contributed by atoms with van der Waals surface area (Å²) >= 11 is 0. The molecule has 0 saturated heterocycles. The van der Waals surface area contributed by atoms with Crippen LogP contribution in [-0.4, -0.2) is 12.2 Å². The first kappa shape index (κ1) is 12.8. The lowest BCUT2D eigenvalue weighted by Gasteiger charge is -2.39. The maximum atomic E-state index is 10.4. The topological polar surface area (TPSA) is 29.5 Å². The third-order valence-electron chi connectivity index (χ3n) is 6.42. The van der Waals surface area contributed by atoms with Crippen molar-refractivity contribution >= 4 is 0 Å². The van der Waals surface area contributed by atoms with Crippen LogP contribution in [0.4, 0.5) is 0 Å². The smallest absolute Gasteiger partial charge is 0.161 e. The van der Waals surface area contributed by atoms with Gasteiger partial charge < -0.3 is 9.84 Å². The maximum absolute atomic E-state index is 10.4. The highest BCUT2D eigenvalue weighted by Gasteiger charge is 2.61. The molecule has 3 rings (SSSR count). The zero-order valence-electron chi connectivity index (χ0n) is 12.4. The monoisotopic (exact) mass is 260 g/mol. The number of aromatic hydroxyl groups is 1. The molecule has 2 nitrogen and oxygen atoms in total. The molecule has 2 bridgehead atoms. The van der Waals surface area contributed by atoms with Crippen LogP contribution in [0.15, 0.2) is 18.2 Å². The van der Waals surface area contributed by atoms with Gasteiger partial charge in [-0.2, -0.15) is 0 Å². The van der Waals surface area contributed by atoms with Crippen LogP contribution in [0.5, 0.6) is 11.5 Å². The van der Waals surface area contributed by atoms with Crippen LogP contribution in [-0.2, 0) is 0 Å². The average Bonchev–Trinajstić information content (AvgIpc) is 2.71. The fourth-order valence-corrected chi connectivity index (χ4v) is 4.66. The largest absolute Gasteiger partial charge is 0.504 e. The molecule has 1 aromatic carbocycles. The maximum Gasteiger partial charge on any atom is 0.161 e. The van der Waals surface area contributed by atoms with Gasteiger partial charge in [-0.05, 0) is 48.0 Å².